The summed E-state index contributed by atoms with van der Waals surface area (Å²) < 4.78 is 26.4. The Bertz CT molecular complexity index is 572. The Morgan fingerprint density at radius 3 is 2.63 bits per heavy atom. The highest BCUT2D eigenvalue weighted by Crippen LogP contribution is 2.19. The summed E-state index contributed by atoms with van der Waals surface area (Å²) in [5.41, 5.74) is -0.865. The fraction of sp³-hybridized carbons (Fsp3) is 0.455. The van der Waals surface area contributed by atoms with Crippen LogP contribution in [0.2, 0.25) is 5.15 Å². The lowest BCUT2D eigenvalue weighted by Crippen LogP contribution is -2.43. The smallest absolute Gasteiger partial charge is 0.243 e. The summed E-state index contributed by atoms with van der Waals surface area (Å²) in [6, 6.07) is 2.83. The molecule has 0 saturated carbocycles. The van der Waals surface area contributed by atoms with E-state index in [1.165, 1.54) is 25.4 Å². The molecule has 6 nitrogen and oxygen atoms in total. The molecule has 0 spiro atoms. The molecule has 0 unspecified atom stereocenters. The molecule has 0 atom stereocenters. The number of sulfonamides is 1. The zero-order valence-electron chi connectivity index (χ0n) is 10.9. The standard InChI is InChI=1S/C11H16ClN3O3S/c1-11(2,10(16)13-3)7-15-19(17,18)8-5-4-6-14-9(8)12/h4-6,15H,7H2,1-3H3,(H,13,16). The maximum atomic E-state index is 12.0. The van der Waals surface area contributed by atoms with Crippen LogP contribution in [0.4, 0.5) is 0 Å². The van der Waals surface area contributed by atoms with Crippen LogP contribution < -0.4 is 10.0 Å². The quantitative estimate of drug-likeness (QED) is 0.787. The highest BCUT2D eigenvalue weighted by Gasteiger charge is 2.29. The summed E-state index contributed by atoms with van der Waals surface area (Å²) in [6.07, 6.45) is 1.40. The van der Waals surface area contributed by atoms with Gasteiger partial charge in [-0.1, -0.05) is 11.6 Å². The molecule has 1 heterocycles. The summed E-state index contributed by atoms with van der Waals surface area (Å²) in [4.78, 5) is 15.2. The topological polar surface area (TPSA) is 88.2 Å². The molecule has 106 valence electrons. The normalized spacial score (nSPS) is 12.2. The molecule has 0 aromatic carbocycles. The first-order valence-corrected chi connectivity index (χ1v) is 7.39. The number of hydrogen-bond donors (Lipinski definition) is 2. The number of pyridine rings is 1. The largest absolute Gasteiger partial charge is 0.359 e. The SMILES string of the molecule is CNC(=O)C(C)(C)CNS(=O)(=O)c1cccnc1Cl. The van der Waals surface area contributed by atoms with Crippen LogP contribution in [-0.2, 0) is 14.8 Å². The zero-order valence-corrected chi connectivity index (χ0v) is 12.5. The third-order valence-electron chi connectivity index (χ3n) is 2.56. The maximum absolute atomic E-state index is 12.0. The van der Waals surface area contributed by atoms with E-state index in [9.17, 15) is 13.2 Å². The van der Waals surface area contributed by atoms with Crippen molar-refractivity contribution in [1.29, 1.82) is 0 Å². The van der Waals surface area contributed by atoms with Crippen LogP contribution in [0.15, 0.2) is 23.2 Å². The molecule has 1 amide bonds. The predicted molar refractivity (Wildman–Crippen MR) is 72.3 cm³/mol. The minimum Gasteiger partial charge on any atom is -0.359 e. The van der Waals surface area contributed by atoms with Crippen molar-refractivity contribution >= 4 is 27.5 Å². The van der Waals surface area contributed by atoms with Crippen molar-refractivity contribution in [3.63, 3.8) is 0 Å². The van der Waals surface area contributed by atoms with Gasteiger partial charge < -0.3 is 5.32 Å². The van der Waals surface area contributed by atoms with Crippen LogP contribution in [0.25, 0.3) is 0 Å². The van der Waals surface area contributed by atoms with Gasteiger partial charge >= 0.3 is 0 Å². The van der Waals surface area contributed by atoms with Crippen LogP contribution >= 0.6 is 11.6 Å². The Morgan fingerprint density at radius 2 is 2.11 bits per heavy atom. The maximum Gasteiger partial charge on any atom is 0.243 e. The fourth-order valence-corrected chi connectivity index (χ4v) is 3.01. The van der Waals surface area contributed by atoms with E-state index in [-0.39, 0.29) is 22.5 Å². The summed E-state index contributed by atoms with van der Waals surface area (Å²) in [5, 5.41) is 2.38. The van der Waals surface area contributed by atoms with Gasteiger partial charge in [-0.05, 0) is 26.0 Å². The number of nitrogens with zero attached hydrogens (tertiary/aromatic N) is 1. The number of rotatable bonds is 5. The second kappa shape index (κ2) is 5.85. The average molecular weight is 306 g/mol. The Morgan fingerprint density at radius 1 is 1.47 bits per heavy atom. The number of hydrogen-bond acceptors (Lipinski definition) is 4. The molecular formula is C11H16ClN3O3S. The van der Waals surface area contributed by atoms with Gasteiger partial charge in [0.1, 0.15) is 10.0 Å². The molecule has 19 heavy (non-hydrogen) atoms. The van der Waals surface area contributed by atoms with Gasteiger partial charge in [-0.3, -0.25) is 4.79 Å². The molecule has 2 N–H and O–H groups in total. The van der Waals surface area contributed by atoms with E-state index in [1.807, 2.05) is 0 Å². The van der Waals surface area contributed by atoms with Gasteiger partial charge in [-0.2, -0.15) is 0 Å². The zero-order chi connectivity index (χ0) is 14.7. The summed E-state index contributed by atoms with van der Waals surface area (Å²) >= 11 is 5.74. The van der Waals surface area contributed by atoms with Gasteiger partial charge in [0.05, 0.1) is 5.41 Å². The Kier molecular flexibility index (Phi) is 4.89. The van der Waals surface area contributed by atoms with Crippen molar-refractivity contribution in [3.8, 4) is 0 Å². The number of carbonyl (C=O) groups is 1. The molecule has 0 fully saturated rings. The van der Waals surface area contributed by atoms with E-state index in [4.69, 9.17) is 11.6 Å². The Hall–Kier alpha value is -1.18. The van der Waals surface area contributed by atoms with E-state index in [0.717, 1.165) is 0 Å². The van der Waals surface area contributed by atoms with Gasteiger partial charge in [-0.15, -0.1) is 0 Å². The van der Waals surface area contributed by atoms with Crippen LogP contribution in [0, 0.1) is 5.41 Å². The molecule has 1 aromatic rings. The van der Waals surface area contributed by atoms with Crippen LogP contribution in [-0.4, -0.2) is 32.9 Å². The first-order chi connectivity index (χ1) is 8.70. The highest BCUT2D eigenvalue weighted by molar-refractivity contribution is 7.89. The van der Waals surface area contributed by atoms with Gasteiger partial charge in [-0.25, -0.2) is 18.1 Å². The lowest BCUT2D eigenvalue weighted by Gasteiger charge is -2.22. The molecule has 0 aliphatic carbocycles. The highest BCUT2D eigenvalue weighted by atomic mass is 35.5. The van der Waals surface area contributed by atoms with E-state index in [1.54, 1.807) is 13.8 Å². The second-order valence-corrected chi connectivity index (χ2v) is 6.67. The number of carbonyl (C=O) groups excluding carboxylic acids is 1. The van der Waals surface area contributed by atoms with Crippen LogP contribution in [0.3, 0.4) is 0 Å². The third-order valence-corrected chi connectivity index (χ3v) is 4.41. The van der Waals surface area contributed by atoms with Gasteiger partial charge in [0.15, 0.2) is 0 Å². The van der Waals surface area contributed by atoms with Crippen molar-refractivity contribution in [1.82, 2.24) is 15.0 Å². The number of halogens is 1. The third kappa shape index (κ3) is 3.89. The van der Waals surface area contributed by atoms with E-state index >= 15 is 0 Å². The number of nitrogens with one attached hydrogen (secondary N) is 2. The molecular weight excluding hydrogens is 290 g/mol. The molecule has 8 heteroatoms. The first-order valence-electron chi connectivity index (χ1n) is 5.53. The lowest BCUT2D eigenvalue weighted by molar-refractivity contribution is -0.128. The van der Waals surface area contributed by atoms with Crippen molar-refractivity contribution < 1.29 is 13.2 Å². The van der Waals surface area contributed by atoms with E-state index < -0.39 is 15.4 Å². The Balaban J connectivity index is 2.89. The molecule has 1 aromatic heterocycles. The summed E-state index contributed by atoms with van der Waals surface area (Å²) in [6.45, 7) is 3.23. The number of amides is 1. The van der Waals surface area contributed by atoms with Crippen molar-refractivity contribution in [2.75, 3.05) is 13.6 Å². The predicted octanol–water partition coefficient (Wildman–Crippen LogP) is 0.786. The van der Waals surface area contributed by atoms with Gasteiger partial charge in [0, 0.05) is 19.8 Å². The lowest BCUT2D eigenvalue weighted by atomic mass is 9.93. The summed E-state index contributed by atoms with van der Waals surface area (Å²) in [5.74, 6) is -0.257. The Labute approximate surface area is 117 Å². The number of aromatic nitrogens is 1. The van der Waals surface area contributed by atoms with E-state index in [0.29, 0.717) is 0 Å². The second-order valence-electron chi connectivity index (χ2n) is 4.58. The molecule has 1 rings (SSSR count). The van der Waals surface area contributed by atoms with E-state index in [2.05, 4.69) is 15.0 Å². The monoisotopic (exact) mass is 305 g/mol. The van der Waals surface area contributed by atoms with Crippen molar-refractivity contribution in [2.45, 2.75) is 18.7 Å². The van der Waals surface area contributed by atoms with Gasteiger partial charge in [0.2, 0.25) is 15.9 Å². The fourth-order valence-electron chi connectivity index (χ4n) is 1.34. The minimum absolute atomic E-state index is 0.0414. The minimum atomic E-state index is -3.79. The molecule has 0 aliphatic rings. The molecule has 0 saturated heterocycles. The van der Waals surface area contributed by atoms with Crippen LogP contribution in [0.5, 0.6) is 0 Å². The van der Waals surface area contributed by atoms with Crippen molar-refractivity contribution in [3.05, 3.63) is 23.5 Å². The van der Waals surface area contributed by atoms with Gasteiger partial charge in [0.25, 0.3) is 0 Å². The molecule has 0 radical (unpaired) electrons. The van der Waals surface area contributed by atoms with Crippen molar-refractivity contribution in [2.24, 2.45) is 5.41 Å². The first kappa shape index (κ1) is 15.9. The molecule has 0 aliphatic heterocycles. The average Bonchev–Trinajstić information content (AvgIpc) is 2.36. The van der Waals surface area contributed by atoms with Crippen LogP contribution in [0.1, 0.15) is 13.8 Å². The summed E-state index contributed by atoms with van der Waals surface area (Å²) in [7, 11) is -2.29. The molecule has 0 bridgehead atoms.